The van der Waals surface area contributed by atoms with E-state index in [-0.39, 0.29) is 5.82 Å². The fraction of sp³-hybridized carbons (Fsp3) is 0.143. The van der Waals surface area contributed by atoms with E-state index in [0.717, 1.165) is 5.56 Å². The van der Waals surface area contributed by atoms with E-state index in [2.05, 4.69) is 16.9 Å². The monoisotopic (exact) mass is 184 g/mol. The van der Waals surface area contributed by atoms with Crippen LogP contribution in [0.2, 0.25) is 0 Å². The molecule has 2 radical (unpaired) electrons. The molecule has 0 nitrogen and oxygen atoms in total. The van der Waals surface area contributed by atoms with Crippen LogP contribution in [0.5, 0.6) is 0 Å². The Morgan fingerprint density at radius 3 is 2.44 bits per heavy atom. The Labute approximate surface area is 62.6 Å². The van der Waals surface area contributed by atoms with Crippen LogP contribution >= 0.6 is 0 Å². The molecule has 0 saturated heterocycles. The summed E-state index contributed by atoms with van der Waals surface area (Å²) in [5.41, 5.74) is 0.762. The normalized spacial score (nSPS) is 9.56. The van der Waals surface area contributed by atoms with Crippen molar-refractivity contribution >= 4 is 16.9 Å². The zero-order valence-corrected chi connectivity index (χ0v) is 6.72. The average molecular weight is 184 g/mol. The van der Waals surface area contributed by atoms with Gasteiger partial charge in [-0.25, -0.2) is 0 Å². The molecule has 0 spiro atoms. The van der Waals surface area contributed by atoms with Crippen molar-refractivity contribution in [3.05, 3.63) is 35.6 Å². The second kappa shape index (κ2) is 3.03. The molecule has 0 fully saturated rings. The first-order chi connectivity index (χ1) is 4.34. The van der Waals surface area contributed by atoms with Crippen molar-refractivity contribution < 1.29 is 4.39 Å². The van der Waals surface area contributed by atoms with Crippen LogP contribution in [-0.4, -0.2) is 16.9 Å². The average Bonchev–Trinajstić information content (AvgIpc) is 1.89. The molecule has 0 bridgehead atoms. The van der Waals surface area contributed by atoms with Gasteiger partial charge in [-0.05, 0) is 0 Å². The third-order valence-electron chi connectivity index (χ3n) is 1.13. The van der Waals surface area contributed by atoms with Crippen molar-refractivity contribution in [1.29, 1.82) is 0 Å². The van der Waals surface area contributed by atoms with E-state index in [1.807, 2.05) is 6.07 Å². The van der Waals surface area contributed by atoms with Crippen LogP contribution in [-0.2, 0) is 5.21 Å². The molecule has 1 aromatic rings. The van der Waals surface area contributed by atoms with Gasteiger partial charge in [-0.1, -0.05) is 0 Å². The first kappa shape index (κ1) is 6.82. The minimum atomic E-state index is -0.113. The molecule has 0 heterocycles. The standard InChI is InChI=1S/C7H6AsF/c8-5-6-3-1-2-4-7(6)9/h1-4H,5H2. The number of hydrogen-bond donors (Lipinski definition) is 0. The maximum absolute atomic E-state index is 12.6. The summed E-state index contributed by atoms with van der Waals surface area (Å²) in [6, 6.07) is 6.80. The second-order valence-electron chi connectivity index (χ2n) is 1.75. The molecular weight excluding hydrogens is 178 g/mol. The van der Waals surface area contributed by atoms with Crippen LogP contribution in [0.1, 0.15) is 5.56 Å². The number of halogens is 1. The summed E-state index contributed by atoms with van der Waals surface area (Å²) in [5.74, 6) is -0.113. The van der Waals surface area contributed by atoms with Gasteiger partial charge in [0.05, 0.1) is 0 Å². The first-order valence-electron chi connectivity index (χ1n) is 2.69. The summed E-state index contributed by atoms with van der Waals surface area (Å²) in [5, 5.41) is 0.708. The molecule has 2 heteroatoms. The Bertz CT molecular complexity index is 198. The van der Waals surface area contributed by atoms with E-state index < -0.39 is 0 Å². The molecule has 0 aliphatic heterocycles. The van der Waals surface area contributed by atoms with Gasteiger partial charge in [-0.15, -0.1) is 0 Å². The summed E-state index contributed by atoms with van der Waals surface area (Å²) in [6.07, 6.45) is 0. The molecular formula is C7H6AsF. The summed E-state index contributed by atoms with van der Waals surface area (Å²) in [7, 11) is 0. The molecule has 0 aliphatic carbocycles. The van der Waals surface area contributed by atoms with E-state index in [1.165, 1.54) is 6.07 Å². The predicted octanol–water partition coefficient (Wildman–Crippen LogP) is 1.49. The SMILES string of the molecule is Fc1ccccc1C[As]. The number of rotatable bonds is 1. The van der Waals surface area contributed by atoms with Gasteiger partial charge in [0.15, 0.2) is 0 Å². The molecule has 1 rings (SSSR count). The molecule has 0 atom stereocenters. The van der Waals surface area contributed by atoms with Gasteiger partial charge in [0.2, 0.25) is 0 Å². The van der Waals surface area contributed by atoms with Crippen LogP contribution < -0.4 is 0 Å². The first-order valence-corrected chi connectivity index (χ1v) is 4.01. The van der Waals surface area contributed by atoms with Crippen molar-refractivity contribution in [2.45, 2.75) is 5.21 Å². The molecule has 0 aromatic heterocycles. The molecule has 1 aromatic carbocycles. The van der Waals surface area contributed by atoms with Crippen molar-refractivity contribution in [2.75, 3.05) is 0 Å². The fourth-order valence-electron chi connectivity index (χ4n) is 0.627. The Morgan fingerprint density at radius 2 is 2.00 bits per heavy atom. The maximum atomic E-state index is 12.6. The summed E-state index contributed by atoms with van der Waals surface area (Å²) in [6.45, 7) is 0. The molecule has 0 aliphatic rings. The minimum absolute atomic E-state index is 0.113. The summed E-state index contributed by atoms with van der Waals surface area (Å²) < 4.78 is 12.6. The molecule has 0 saturated carbocycles. The van der Waals surface area contributed by atoms with Gasteiger partial charge < -0.3 is 0 Å². The van der Waals surface area contributed by atoms with Gasteiger partial charge in [-0.3, -0.25) is 0 Å². The molecule has 0 amide bonds. The molecule has 0 N–H and O–H groups in total. The van der Waals surface area contributed by atoms with Crippen molar-refractivity contribution in [1.82, 2.24) is 0 Å². The van der Waals surface area contributed by atoms with Crippen LogP contribution in [0.25, 0.3) is 0 Å². The Balaban J connectivity index is 3.01. The van der Waals surface area contributed by atoms with E-state index in [4.69, 9.17) is 0 Å². The number of hydrogen-bond acceptors (Lipinski definition) is 0. The van der Waals surface area contributed by atoms with Gasteiger partial charge in [0.25, 0.3) is 0 Å². The van der Waals surface area contributed by atoms with Gasteiger partial charge in [-0.2, -0.15) is 0 Å². The quantitative estimate of drug-likeness (QED) is 0.580. The molecule has 46 valence electrons. The van der Waals surface area contributed by atoms with E-state index in [9.17, 15) is 4.39 Å². The Morgan fingerprint density at radius 1 is 1.33 bits per heavy atom. The summed E-state index contributed by atoms with van der Waals surface area (Å²) >= 11 is 2.35. The van der Waals surface area contributed by atoms with Gasteiger partial charge >= 0.3 is 62.1 Å². The van der Waals surface area contributed by atoms with Crippen LogP contribution in [0.15, 0.2) is 24.3 Å². The molecule has 9 heavy (non-hydrogen) atoms. The van der Waals surface area contributed by atoms with E-state index >= 15 is 0 Å². The van der Waals surface area contributed by atoms with Crippen LogP contribution in [0.3, 0.4) is 0 Å². The second-order valence-corrected chi connectivity index (χ2v) is 2.41. The zero-order chi connectivity index (χ0) is 6.69. The van der Waals surface area contributed by atoms with Crippen molar-refractivity contribution in [3.63, 3.8) is 0 Å². The van der Waals surface area contributed by atoms with Crippen LogP contribution in [0.4, 0.5) is 4.39 Å². The Hall–Kier alpha value is -0.292. The van der Waals surface area contributed by atoms with Gasteiger partial charge in [0, 0.05) is 0 Å². The van der Waals surface area contributed by atoms with E-state index in [0.29, 0.717) is 5.21 Å². The van der Waals surface area contributed by atoms with Crippen molar-refractivity contribution in [3.8, 4) is 0 Å². The zero-order valence-electron chi connectivity index (χ0n) is 4.84. The predicted molar refractivity (Wildman–Crippen MR) is 35.9 cm³/mol. The topological polar surface area (TPSA) is 0 Å². The van der Waals surface area contributed by atoms with Crippen LogP contribution in [0, 0.1) is 5.82 Å². The Kier molecular flexibility index (Phi) is 2.29. The fourth-order valence-corrected chi connectivity index (χ4v) is 1.16. The summed E-state index contributed by atoms with van der Waals surface area (Å²) in [4.78, 5) is 0. The van der Waals surface area contributed by atoms with E-state index in [1.54, 1.807) is 12.1 Å². The van der Waals surface area contributed by atoms with Crippen molar-refractivity contribution in [2.24, 2.45) is 0 Å². The van der Waals surface area contributed by atoms with Gasteiger partial charge in [0.1, 0.15) is 0 Å². The molecule has 0 unspecified atom stereocenters. The third kappa shape index (κ3) is 1.56. The number of benzene rings is 1. The third-order valence-corrected chi connectivity index (χ3v) is 1.84.